The van der Waals surface area contributed by atoms with Gasteiger partial charge in [0.2, 0.25) is 0 Å². The van der Waals surface area contributed by atoms with Crippen LogP contribution in [0.1, 0.15) is 48.2 Å². The van der Waals surface area contributed by atoms with Crippen LogP contribution in [0.3, 0.4) is 0 Å². The molecule has 0 aliphatic carbocycles. The first-order valence-corrected chi connectivity index (χ1v) is 8.48. The van der Waals surface area contributed by atoms with Gasteiger partial charge in [-0.3, -0.25) is 4.79 Å². The number of benzene rings is 2. The lowest BCUT2D eigenvalue weighted by molar-refractivity contribution is -0.116. The fourth-order valence-corrected chi connectivity index (χ4v) is 2.54. The Morgan fingerprint density at radius 2 is 1.50 bits per heavy atom. The van der Waals surface area contributed by atoms with E-state index >= 15 is 0 Å². The topological polar surface area (TPSA) is 46.2 Å². The second kappa shape index (κ2) is 9.02. The molecule has 2 rings (SSSR count). The molecule has 1 atom stereocenters. The van der Waals surface area contributed by atoms with Gasteiger partial charge in [-0.2, -0.15) is 0 Å². The first kappa shape index (κ1) is 17.9. The van der Waals surface area contributed by atoms with Crippen LogP contribution in [0.15, 0.2) is 54.6 Å². The Balaban J connectivity index is 1.78. The van der Waals surface area contributed by atoms with Crippen LogP contribution in [0.25, 0.3) is 0 Å². The molecule has 0 radical (unpaired) electrons. The van der Waals surface area contributed by atoms with Gasteiger partial charge in [0.05, 0.1) is 0 Å². The van der Waals surface area contributed by atoms with E-state index < -0.39 is 0 Å². The van der Waals surface area contributed by atoms with Gasteiger partial charge in [-0.05, 0) is 56.4 Å². The number of nitrogens with one attached hydrogen (secondary N) is 1. The van der Waals surface area contributed by atoms with Gasteiger partial charge < -0.3 is 10.1 Å². The van der Waals surface area contributed by atoms with Crippen LogP contribution in [0.5, 0.6) is 0 Å². The molecule has 0 saturated heterocycles. The molecule has 0 bridgehead atoms. The molecule has 0 saturated carbocycles. The zero-order valence-corrected chi connectivity index (χ0v) is 14.4. The summed E-state index contributed by atoms with van der Waals surface area (Å²) >= 11 is 0. The summed E-state index contributed by atoms with van der Waals surface area (Å²) in [5.41, 5.74) is 3.14. The molecule has 1 N–H and O–H groups in total. The number of carbonyl (C=O) groups is 2. The summed E-state index contributed by atoms with van der Waals surface area (Å²) in [6.45, 7) is 3.65. The first-order chi connectivity index (χ1) is 11.5. The molecule has 3 heteroatoms. The Morgan fingerprint density at radius 1 is 0.917 bits per heavy atom. The SMILES string of the molecule is CC(=O)CCc1ccc(CCC(C)NC(=O)c2ccccc2)cc1. The number of hydrogen-bond donors (Lipinski definition) is 1. The van der Waals surface area contributed by atoms with Crippen LogP contribution in [0.2, 0.25) is 0 Å². The molecular formula is C21H25NO2. The smallest absolute Gasteiger partial charge is 0.251 e. The summed E-state index contributed by atoms with van der Waals surface area (Å²) in [7, 11) is 0. The molecule has 0 spiro atoms. The summed E-state index contributed by atoms with van der Waals surface area (Å²) in [6, 6.07) is 17.8. The molecule has 0 aliphatic heterocycles. The average Bonchev–Trinajstić information content (AvgIpc) is 2.59. The molecule has 2 aromatic carbocycles. The van der Waals surface area contributed by atoms with Gasteiger partial charge in [0.1, 0.15) is 5.78 Å². The van der Waals surface area contributed by atoms with Crippen molar-refractivity contribution in [3.8, 4) is 0 Å². The highest BCUT2D eigenvalue weighted by molar-refractivity contribution is 5.94. The molecule has 3 nitrogen and oxygen atoms in total. The van der Waals surface area contributed by atoms with Crippen LogP contribution >= 0.6 is 0 Å². The normalized spacial score (nSPS) is 11.8. The highest BCUT2D eigenvalue weighted by Gasteiger charge is 2.09. The van der Waals surface area contributed by atoms with Crippen molar-refractivity contribution in [1.29, 1.82) is 0 Å². The van der Waals surface area contributed by atoms with E-state index in [1.165, 1.54) is 11.1 Å². The van der Waals surface area contributed by atoms with E-state index in [4.69, 9.17) is 0 Å². The van der Waals surface area contributed by atoms with Crippen LogP contribution in [-0.2, 0) is 17.6 Å². The molecule has 24 heavy (non-hydrogen) atoms. The number of amides is 1. The maximum absolute atomic E-state index is 12.1. The lowest BCUT2D eigenvalue weighted by atomic mass is 10.0. The van der Waals surface area contributed by atoms with Gasteiger partial charge >= 0.3 is 0 Å². The molecule has 0 fully saturated rings. The number of ketones is 1. The Hall–Kier alpha value is -2.42. The number of Topliss-reactive ketones (excluding diaryl/α,β-unsaturated/α-hetero) is 1. The second-order valence-electron chi connectivity index (χ2n) is 6.30. The third-order valence-corrected chi connectivity index (χ3v) is 4.07. The summed E-state index contributed by atoms with van der Waals surface area (Å²) in [5.74, 6) is 0.199. The number of aryl methyl sites for hydroxylation is 2. The standard InChI is InChI=1S/C21H25NO2/c1-16(22-21(24)20-6-4-3-5-7-20)8-10-18-12-14-19(15-13-18)11-9-17(2)23/h3-7,12-16H,8-11H2,1-2H3,(H,22,24). The predicted molar refractivity (Wildman–Crippen MR) is 97.1 cm³/mol. The Morgan fingerprint density at radius 3 is 2.08 bits per heavy atom. The van der Waals surface area contributed by atoms with Gasteiger partial charge in [0, 0.05) is 18.0 Å². The summed E-state index contributed by atoms with van der Waals surface area (Å²) < 4.78 is 0. The van der Waals surface area contributed by atoms with Gasteiger partial charge in [-0.1, -0.05) is 42.5 Å². The zero-order chi connectivity index (χ0) is 17.4. The van der Waals surface area contributed by atoms with Crippen LogP contribution in [0.4, 0.5) is 0 Å². The number of carbonyl (C=O) groups excluding carboxylic acids is 2. The molecule has 1 unspecified atom stereocenters. The molecule has 0 heterocycles. The van der Waals surface area contributed by atoms with Gasteiger partial charge in [0.25, 0.3) is 5.91 Å². The number of hydrogen-bond acceptors (Lipinski definition) is 2. The second-order valence-corrected chi connectivity index (χ2v) is 6.30. The fraction of sp³-hybridized carbons (Fsp3) is 0.333. The molecule has 126 valence electrons. The zero-order valence-electron chi connectivity index (χ0n) is 14.4. The quantitative estimate of drug-likeness (QED) is 0.799. The highest BCUT2D eigenvalue weighted by Crippen LogP contribution is 2.10. The Kier molecular flexibility index (Phi) is 6.74. The molecule has 0 aromatic heterocycles. The van der Waals surface area contributed by atoms with Crippen LogP contribution in [0, 0.1) is 0 Å². The Labute approximate surface area is 144 Å². The average molecular weight is 323 g/mol. The molecule has 0 aliphatic rings. The molecule has 2 aromatic rings. The minimum absolute atomic E-state index is 0.0253. The van der Waals surface area contributed by atoms with E-state index in [9.17, 15) is 9.59 Å². The minimum Gasteiger partial charge on any atom is -0.350 e. The highest BCUT2D eigenvalue weighted by atomic mass is 16.1. The fourth-order valence-electron chi connectivity index (χ4n) is 2.54. The predicted octanol–water partition coefficient (Wildman–Crippen LogP) is 3.96. The van der Waals surface area contributed by atoms with E-state index in [1.54, 1.807) is 6.92 Å². The van der Waals surface area contributed by atoms with Crippen molar-refractivity contribution in [2.75, 3.05) is 0 Å². The largest absolute Gasteiger partial charge is 0.350 e. The number of rotatable bonds is 8. The van der Waals surface area contributed by atoms with Crippen molar-refractivity contribution in [3.63, 3.8) is 0 Å². The monoisotopic (exact) mass is 323 g/mol. The van der Waals surface area contributed by atoms with Crippen molar-refractivity contribution in [2.45, 2.75) is 45.6 Å². The van der Waals surface area contributed by atoms with E-state index in [0.29, 0.717) is 12.0 Å². The van der Waals surface area contributed by atoms with Gasteiger partial charge in [-0.25, -0.2) is 0 Å². The third kappa shape index (κ3) is 5.99. The van der Waals surface area contributed by atoms with Crippen molar-refractivity contribution in [2.24, 2.45) is 0 Å². The Bertz CT molecular complexity index is 662. The van der Waals surface area contributed by atoms with Crippen molar-refractivity contribution in [3.05, 3.63) is 71.3 Å². The minimum atomic E-state index is -0.0253. The third-order valence-electron chi connectivity index (χ3n) is 4.07. The van der Waals surface area contributed by atoms with Gasteiger partial charge in [-0.15, -0.1) is 0 Å². The van der Waals surface area contributed by atoms with E-state index in [-0.39, 0.29) is 17.7 Å². The van der Waals surface area contributed by atoms with Crippen LogP contribution in [-0.4, -0.2) is 17.7 Å². The molecule has 1 amide bonds. The van der Waals surface area contributed by atoms with E-state index in [1.807, 2.05) is 37.3 Å². The van der Waals surface area contributed by atoms with E-state index in [2.05, 4.69) is 29.6 Å². The summed E-state index contributed by atoms with van der Waals surface area (Å²) in [6.07, 6.45) is 3.22. The lowest BCUT2D eigenvalue weighted by Crippen LogP contribution is -2.32. The first-order valence-electron chi connectivity index (χ1n) is 8.48. The lowest BCUT2D eigenvalue weighted by Gasteiger charge is -2.14. The molecular weight excluding hydrogens is 298 g/mol. The maximum atomic E-state index is 12.1. The summed E-state index contributed by atoms with van der Waals surface area (Å²) in [4.78, 5) is 23.1. The summed E-state index contributed by atoms with van der Waals surface area (Å²) in [5, 5.41) is 3.03. The van der Waals surface area contributed by atoms with Crippen molar-refractivity contribution >= 4 is 11.7 Å². The van der Waals surface area contributed by atoms with E-state index in [0.717, 1.165) is 19.3 Å². The van der Waals surface area contributed by atoms with Crippen molar-refractivity contribution < 1.29 is 9.59 Å². The maximum Gasteiger partial charge on any atom is 0.251 e. The van der Waals surface area contributed by atoms with Crippen LogP contribution < -0.4 is 5.32 Å². The van der Waals surface area contributed by atoms with Crippen molar-refractivity contribution in [1.82, 2.24) is 5.32 Å². The van der Waals surface area contributed by atoms with Gasteiger partial charge in [0.15, 0.2) is 0 Å².